The lowest BCUT2D eigenvalue weighted by molar-refractivity contribution is 0.461. The van der Waals surface area contributed by atoms with Gasteiger partial charge in [-0.2, -0.15) is 5.10 Å². The predicted octanol–water partition coefficient (Wildman–Crippen LogP) is 6.05. The lowest BCUT2D eigenvalue weighted by Gasteiger charge is -2.25. The van der Waals surface area contributed by atoms with Gasteiger partial charge in [0.15, 0.2) is 0 Å². The molecule has 5 heteroatoms. The van der Waals surface area contributed by atoms with Gasteiger partial charge in [0, 0.05) is 17.0 Å². The minimum atomic E-state index is -0.191. The minimum Gasteiger partial charge on any atom is -0.506 e. The molecule has 26 heavy (non-hydrogen) atoms. The molecular weight excluding hydrogens is 367 g/mol. The van der Waals surface area contributed by atoms with E-state index in [2.05, 4.69) is 0 Å². The number of hydrazone groups is 1. The fourth-order valence-corrected chi connectivity index (χ4v) is 3.73. The summed E-state index contributed by atoms with van der Waals surface area (Å²) in [6, 6.07) is 23.0. The summed E-state index contributed by atoms with van der Waals surface area (Å²) in [5, 5.41) is 18.0. The van der Waals surface area contributed by atoms with Gasteiger partial charge in [-0.15, -0.1) is 0 Å². The molecule has 0 saturated heterocycles. The first-order chi connectivity index (χ1) is 12.6. The van der Waals surface area contributed by atoms with Crippen molar-refractivity contribution in [1.82, 2.24) is 0 Å². The summed E-state index contributed by atoms with van der Waals surface area (Å²) in [5.41, 5.74) is 3.62. The maximum atomic E-state index is 10.5. The van der Waals surface area contributed by atoms with Crippen LogP contribution in [0.3, 0.4) is 0 Å². The molecule has 3 aromatic rings. The van der Waals surface area contributed by atoms with E-state index in [9.17, 15) is 5.11 Å². The number of phenolic OH excluding ortho intramolecular Hbond substituents is 1. The fourth-order valence-electron chi connectivity index (χ4n) is 3.22. The average molecular weight is 383 g/mol. The van der Waals surface area contributed by atoms with Crippen LogP contribution in [0.5, 0.6) is 5.75 Å². The summed E-state index contributed by atoms with van der Waals surface area (Å²) in [6.45, 7) is 0. The highest BCUT2D eigenvalue weighted by Gasteiger charge is 2.32. The van der Waals surface area contributed by atoms with Gasteiger partial charge in [0.25, 0.3) is 0 Å². The molecule has 1 aliphatic rings. The highest BCUT2D eigenvalue weighted by Crippen LogP contribution is 2.43. The Kier molecular flexibility index (Phi) is 4.58. The van der Waals surface area contributed by atoms with Crippen molar-refractivity contribution in [2.24, 2.45) is 5.10 Å². The van der Waals surface area contributed by atoms with Gasteiger partial charge >= 0.3 is 0 Å². The Hall–Kier alpha value is -2.49. The molecule has 0 spiro atoms. The van der Waals surface area contributed by atoms with E-state index in [0.29, 0.717) is 17.0 Å². The van der Waals surface area contributed by atoms with Crippen molar-refractivity contribution < 1.29 is 5.11 Å². The van der Waals surface area contributed by atoms with Crippen molar-refractivity contribution in [2.75, 3.05) is 5.01 Å². The Balaban J connectivity index is 1.81. The number of nitrogens with zero attached hydrogens (tertiary/aromatic N) is 2. The predicted molar refractivity (Wildman–Crippen MR) is 107 cm³/mol. The zero-order chi connectivity index (χ0) is 18.1. The van der Waals surface area contributed by atoms with Gasteiger partial charge in [0.2, 0.25) is 0 Å². The van der Waals surface area contributed by atoms with Gasteiger partial charge in [-0.3, -0.25) is 5.01 Å². The van der Waals surface area contributed by atoms with E-state index in [-0.39, 0.29) is 16.8 Å². The maximum Gasteiger partial charge on any atom is 0.139 e. The van der Waals surface area contributed by atoms with Gasteiger partial charge in [-0.1, -0.05) is 71.7 Å². The Labute approximate surface area is 162 Å². The standard InChI is InChI=1S/C21H16Cl2N2O/c22-15-11-17(21(26)18(23)12-15)20-13-19(14-7-3-1-4-8-14)24-25(20)16-9-5-2-6-10-16/h1-12,20,26H,13H2. The molecule has 1 atom stereocenters. The Morgan fingerprint density at radius 1 is 0.923 bits per heavy atom. The third kappa shape index (κ3) is 3.16. The second kappa shape index (κ2) is 7.02. The second-order valence-electron chi connectivity index (χ2n) is 6.14. The van der Waals surface area contributed by atoms with Gasteiger partial charge in [0.05, 0.1) is 22.5 Å². The van der Waals surface area contributed by atoms with Crippen molar-refractivity contribution in [3.8, 4) is 5.75 Å². The molecule has 1 heterocycles. The lowest BCUT2D eigenvalue weighted by Crippen LogP contribution is -2.18. The number of anilines is 1. The number of aromatic hydroxyl groups is 1. The number of halogens is 2. The first-order valence-electron chi connectivity index (χ1n) is 8.28. The summed E-state index contributed by atoms with van der Waals surface area (Å²) in [5.74, 6) is 0.0477. The SMILES string of the molecule is Oc1c(Cl)cc(Cl)cc1C1CC(c2ccccc2)=NN1c1ccccc1. The molecule has 0 bridgehead atoms. The number of hydrogen-bond donors (Lipinski definition) is 1. The summed E-state index contributed by atoms with van der Waals surface area (Å²) in [6.07, 6.45) is 0.642. The maximum absolute atomic E-state index is 10.5. The van der Waals surface area contributed by atoms with E-state index < -0.39 is 0 Å². The molecule has 0 aliphatic carbocycles. The van der Waals surface area contributed by atoms with Crippen LogP contribution in [0.1, 0.15) is 23.6 Å². The Bertz CT molecular complexity index is 959. The van der Waals surface area contributed by atoms with Crippen LogP contribution < -0.4 is 5.01 Å². The Morgan fingerprint density at radius 3 is 2.27 bits per heavy atom. The van der Waals surface area contributed by atoms with Crippen LogP contribution in [0.25, 0.3) is 0 Å². The van der Waals surface area contributed by atoms with Crippen LogP contribution in [-0.4, -0.2) is 10.8 Å². The molecule has 1 unspecified atom stereocenters. The highest BCUT2D eigenvalue weighted by atomic mass is 35.5. The van der Waals surface area contributed by atoms with E-state index in [1.54, 1.807) is 12.1 Å². The monoisotopic (exact) mass is 382 g/mol. The summed E-state index contributed by atoms with van der Waals surface area (Å²) < 4.78 is 0. The first kappa shape index (κ1) is 17.0. The fraction of sp³-hybridized carbons (Fsp3) is 0.0952. The third-order valence-electron chi connectivity index (χ3n) is 4.45. The molecule has 3 aromatic carbocycles. The molecule has 0 radical (unpaired) electrons. The van der Waals surface area contributed by atoms with Gasteiger partial charge in [-0.05, 0) is 29.8 Å². The minimum absolute atomic E-state index is 0.0477. The Morgan fingerprint density at radius 2 is 1.58 bits per heavy atom. The average Bonchev–Trinajstić information content (AvgIpc) is 3.11. The summed E-state index contributed by atoms with van der Waals surface area (Å²) >= 11 is 12.4. The molecule has 3 nitrogen and oxygen atoms in total. The van der Waals surface area contributed by atoms with Crippen molar-refractivity contribution in [2.45, 2.75) is 12.5 Å². The van der Waals surface area contributed by atoms with E-state index in [1.165, 1.54) is 0 Å². The normalized spacial score (nSPS) is 16.6. The number of phenols is 1. The number of rotatable bonds is 3. The van der Waals surface area contributed by atoms with Crippen molar-refractivity contribution in [1.29, 1.82) is 0 Å². The van der Waals surface area contributed by atoms with Crippen LogP contribution >= 0.6 is 23.2 Å². The largest absolute Gasteiger partial charge is 0.506 e. The third-order valence-corrected chi connectivity index (χ3v) is 4.96. The van der Waals surface area contributed by atoms with Crippen LogP contribution in [0.4, 0.5) is 5.69 Å². The quantitative estimate of drug-likeness (QED) is 0.597. The molecule has 0 fully saturated rings. The van der Waals surface area contributed by atoms with Crippen molar-refractivity contribution >= 4 is 34.6 Å². The smallest absolute Gasteiger partial charge is 0.139 e. The molecule has 0 aromatic heterocycles. The molecule has 4 rings (SSSR count). The van der Waals surface area contributed by atoms with Crippen LogP contribution in [0.15, 0.2) is 77.9 Å². The van der Waals surface area contributed by atoms with Crippen LogP contribution in [0, 0.1) is 0 Å². The number of para-hydroxylation sites is 1. The van der Waals surface area contributed by atoms with Crippen LogP contribution in [-0.2, 0) is 0 Å². The van der Waals surface area contributed by atoms with E-state index in [0.717, 1.165) is 17.0 Å². The summed E-state index contributed by atoms with van der Waals surface area (Å²) in [7, 11) is 0. The zero-order valence-corrected chi connectivity index (χ0v) is 15.3. The first-order valence-corrected chi connectivity index (χ1v) is 9.04. The zero-order valence-electron chi connectivity index (χ0n) is 13.8. The van der Waals surface area contributed by atoms with Gasteiger partial charge < -0.3 is 5.11 Å². The molecule has 1 N–H and O–H groups in total. The van der Waals surface area contributed by atoms with Crippen LogP contribution in [0.2, 0.25) is 10.0 Å². The molecular formula is C21H16Cl2N2O. The van der Waals surface area contributed by atoms with E-state index in [4.69, 9.17) is 28.3 Å². The summed E-state index contributed by atoms with van der Waals surface area (Å²) in [4.78, 5) is 0. The topological polar surface area (TPSA) is 35.8 Å². The lowest BCUT2D eigenvalue weighted by atomic mass is 9.97. The van der Waals surface area contributed by atoms with E-state index in [1.807, 2.05) is 65.7 Å². The van der Waals surface area contributed by atoms with Crippen molar-refractivity contribution in [3.63, 3.8) is 0 Å². The molecule has 0 amide bonds. The molecule has 1 aliphatic heterocycles. The number of hydrogen-bond acceptors (Lipinski definition) is 3. The number of benzene rings is 3. The van der Waals surface area contributed by atoms with Gasteiger partial charge in [-0.25, -0.2) is 0 Å². The molecule has 0 saturated carbocycles. The van der Waals surface area contributed by atoms with E-state index >= 15 is 0 Å². The van der Waals surface area contributed by atoms with Crippen molar-refractivity contribution in [3.05, 3.63) is 94.0 Å². The van der Waals surface area contributed by atoms with Gasteiger partial charge in [0.1, 0.15) is 5.75 Å². The molecule has 130 valence electrons. The highest BCUT2D eigenvalue weighted by molar-refractivity contribution is 6.35. The second-order valence-corrected chi connectivity index (χ2v) is 6.98.